The summed E-state index contributed by atoms with van der Waals surface area (Å²) in [6, 6.07) is 7.19. The van der Waals surface area contributed by atoms with Gasteiger partial charge in [0.1, 0.15) is 0 Å². The van der Waals surface area contributed by atoms with Crippen LogP contribution >= 0.6 is 0 Å². The van der Waals surface area contributed by atoms with Crippen LogP contribution in [0.25, 0.3) is 0 Å². The number of amides is 1. The van der Waals surface area contributed by atoms with E-state index in [1.54, 1.807) is 4.90 Å². The lowest BCUT2D eigenvalue weighted by molar-refractivity contribution is -0.128. The van der Waals surface area contributed by atoms with Crippen molar-refractivity contribution in [1.82, 2.24) is 14.8 Å². The number of piperidine rings is 1. The molecule has 2 heterocycles. The van der Waals surface area contributed by atoms with Crippen LogP contribution in [0.2, 0.25) is 0 Å². The molecule has 1 amide bonds. The number of aryl methyl sites for hydroxylation is 1. The Labute approximate surface area is 152 Å². The average Bonchev–Trinajstić information content (AvgIpc) is 2.67. The summed E-state index contributed by atoms with van der Waals surface area (Å²) in [7, 11) is 3.62. The molecule has 1 aliphatic carbocycles. The van der Waals surface area contributed by atoms with Crippen molar-refractivity contribution in [3.8, 4) is 0 Å². The minimum atomic E-state index is 0.174. The molecule has 0 aromatic carbocycles. The van der Waals surface area contributed by atoms with E-state index in [4.69, 9.17) is 4.98 Å². The van der Waals surface area contributed by atoms with Crippen molar-refractivity contribution in [2.75, 3.05) is 27.2 Å². The van der Waals surface area contributed by atoms with Gasteiger partial charge in [0.25, 0.3) is 0 Å². The Hall–Kier alpha value is -1.42. The molecular weight excluding hydrogens is 310 g/mol. The van der Waals surface area contributed by atoms with E-state index >= 15 is 0 Å². The molecule has 1 aromatic rings. The van der Waals surface area contributed by atoms with Crippen molar-refractivity contribution in [3.63, 3.8) is 0 Å². The second-order valence-corrected chi connectivity index (χ2v) is 7.94. The molecule has 25 heavy (non-hydrogen) atoms. The molecule has 2 fully saturated rings. The molecule has 4 heteroatoms. The number of hydrogen-bond donors (Lipinski definition) is 0. The molecule has 1 aliphatic heterocycles. The fourth-order valence-electron chi connectivity index (χ4n) is 4.33. The van der Waals surface area contributed by atoms with Gasteiger partial charge >= 0.3 is 0 Å². The number of hydrogen-bond acceptors (Lipinski definition) is 3. The van der Waals surface area contributed by atoms with Gasteiger partial charge in [-0.05, 0) is 57.3 Å². The van der Waals surface area contributed by atoms with E-state index in [1.165, 1.54) is 63.7 Å². The molecule has 0 spiro atoms. The molecule has 1 saturated heterocycles. The zero-order valence-corrected chi connectivity index (χ0v) is 15.9. The fourth-order valence-corrected chi connectivity index (χ4v) is 4.33. The third-order valence-electron chi connectivity index (χ3n) is 5.96. The third-order valence-corrected chi connectivity index (χ3v) is 5.96. The first kappa shape index (κ1) is 18.4. The van der Waals surface area contributed by atoms with Crippen LogP contribution in [0.4, 0.5) is 0 Å². The van der Waals surface area contributed by atoms with Gasteiger partial charge in [-0.15, -0.1) is 0 Å². The number of carbonyl (C=O) groups is 1. The van der Waals surface area contributed by atoms with E-state index in [2.05, 4.69) is 23.1 Å². The highest BCUT2D eigenvalue weighted by molar-refractivity contribution is 5.75. The first-order valence-electron chi connectivity index (χ1n) is 10.0. The SMILES string of the molecule is CN(C)C(=O)CCc1cccc(C2CCN(C3CCCCC3)CC2)n1. The highest BCUT2D eigenvalue weighted by Crippen LogP contribution is 2.31. The van der Waals surface area contributed by atoms with Crippen LogP contribution in [0, 0.1) is 0 Å². The molecule has 2 aliphatic rings. The second-order valence-electron chi connectivity index (χ2n) is 7.94. The van der Waals surface area contributed by atoms with Gasteiger partial charge in [0.2, 0.25) is 5.91 Å². The van der Waals surface area contributed by atoms with Crippen molar-refractivity contribution in [1.29, 1.82) is 0 Å². The van der Waals surface area contributed by atoms with Crippen molar-refractivity contribution in [2.45, 2.75) is 69.7 Å². The van der Waals surface area contributed by atoms with Crippen LogP contribution in [0.15, 0.2) is 18.2 Å². The van der Waals surface area contributed by atoms with Gasteiger partial charge in [-0.3, -0.25) is 9.78 Å². The van der Waals surface area contributed by atoms with Crippen LogP contribution in [0.3, 0.4) is 0 Å². The summed E-state index contributed by atoms with van der Waals surface area (Å²) in [5.41, 5.74) is 2.29. The maximum absolute atomic E-state index is 11.8. The number of likely N-dealkylation sites (tertiary alicyclic amines) is 1. The van der Waals surface area contributed by atoms with E-state index in [-0.39, 0.29) is 5.91 Å². The lowest BCUT2D eigenvalue weighted by Crippen LogP contribution is -2.42. The fraction of sp³-hybridized carbons (Fsp3) is 0.714. The molecule has 0 atom stereocenters. The average molecular weight is 344 g/mol. The monoisotopic (exact) mass is 343 g/mol. The number of pyridine rings is 1. The van der Waals surface area contributed by atoms with Gasteiger partial charge in [0, 0.05) is 43.9 Å². The second kappa shape index (κ2) is 8.79. The van der Waals surface area contributed by atoms with Gasteiger partial charge in [-0.1, -0.05) is 25.3 Å². The van der Waals surface area contributed by atoms with Gasteiger partial charge in [0.05, 0.1) is 0 Å². The molecule has 1 saturated carbocycles. The Bertz CT molecular complexity index is 558. The summed E-state index contributed by atoms with van der Waals surface area (Å²) in [5, 5.41) is 0. The van der Waals surface area contributed by atoms with E-state index in [9.17, 15) is 4.79 Å². The molecular formula is C21H33N3O. The molecule has 0 radical (unpaired) electrons. The molecule has 4 nitrogen and oxygen atoms in total. The first-order chi connectivity index (χ1) is 12.1. The lowest BCUT2D eigenvalue weighted by Gasteiger charge is -2.39. The predicted molar refractivity (Wildman–Crippen MR) is 102 cm³/mol. The molecule has 0 N–H and O–H groups in total. The van der Waals surface area contributed by atoms with Crippen LogP contribution < -0.4 is 0 Å². The van der Waals surface area contributed by atoms with E-state index in [0.717, 1.165) is 18.2 Å². The molecule has 0 unspecified atom stereocenters. The van der Waals surface area contributed by atoms with Crippen molar-refractivity contribution in [3.05, 3.63) is 29.6 Å². The topological polar surface area (TPSA) is 36.4 Å². The third kappa shape index (κ3) is 5.04. The Balaban J connectivity index is 1.52. The standard InChI is InChI=1S/C21H33N3O/c1-23(2)21(25)12-11-18-7-6-10-20(22-18)17-13-15-24(16-14-17)19-8-4-3-5-9-19/h6-7,10,17,19H,3-5,8-9,11-16H2,1-2H3. The minimum absolute atomic E-state index is 0.174. The van der Waals surface area contributed by atoms with Crippen LogP contribution in [-0.4, -0.2) is 53.9 Å². The summed E-state index contributed by atoms with van der Waals surface area (Å²) < 4.78 is 0. The summed E-state index contributed by atoms with van der Waals surface area (Å²) in [6.07, 6.45) is 10.8. The molecule has 138 valence electrons. The highest BCUT2D eigenvalue weighted by atomic mass is 16.2. The Morgan fingerprint density at radius 2 is 1.84 bits per heavy atom. The van der Waals surface area contributed by atoms with E-state index in [1.807, 2.05) is 14.1 Å². The summed E-state index contributed by atoms with van der Waals surface area (Å²) in [5.74, 6) is 0.761. The number of nitrogens with zero attached hydrogens (tertiary/aromatic N) is 3. The first-order valence-corrected chi connectivity index (χ1v) is 10.0. The molecule has 1 aromatic heterocycles. The van der Waals surface area contributed by atoms with E-state index < -0.39 is 0 Å². The van der Waals surface area contributed by atoms with Crippen LogP contribution in [0.1, 0.15) is 68.7 Å². The summed E-state index contributed by atoms with van der Waals surface area (Å²) in [4.78, 5) is 21.0. The largest absolute Gasteiger partial charge is 0.349 e. The molecule has 3 rings (SSSR count). The normalized spacial score (nSPS) is 20.6. The Morgan fingerprint density at radius 1 is 1.12 bits per heavy atom. The molecule has 0 bridgehead atoms. The van der Waals surface area contributed by atoms with Gasteiger partial charge in [0.15, 0.2) is 0 Å². The maximum Gasteiger partial charge on any atom is 0.222 e. The predicted octanol–water partition coefficient (Wildman–Crippen LogP) is 3.61. The number of carbonyl (C=O) groups excluding carboxylic acids is 1. The highest BCUT2D eigenvalue weighted by Gasteiger charge is 2.27. The number of rotatable bonds is 5. The van der Waals surface area contributed by atoms with Crippen molar-refractivity contribution < 1.29 is 4.79 Å². The van der Waals surface area contributed by atoms with Gasteiger partial charge in [-0.2, -0.15) is 0 Å². The van der Waals surface area contributed by atoms with Gasteiger partial charge in [-0.25, -0.2) is 0 Å². The van der Waals surface area contributed by atoms with Crippen molar-refractivity contribution in [2.24, 2.45) is 0 Å². The van der Waals surface area contributed by atoms with Gasteiger partial charge < -0.3 is 9.80 Å². The quantitative estimate of drug-likeness (QED) is 0.819. The lowest BCUT2D eigenvalue weighted by atomic mass is 9.88. The summed E-state index contributed by atoms with van der Waals surface area (Å²) >= 11 is 0. The van der Waals surface area contributed by atoms with E-state index in [0.29, 0.717) is 12.3 Å². The summed E-state index contributed by atoms with van der Waals surface area (Å²) in [6.45, 7) is 2.45. The smallest absolute Gasteiger partial charge is 0.222 e. The van der Waals surface area contributed by atoms with Crippen LogP contribution in [-0.2, 0) is 11.2 Å². The van der Waals surface area contributed by atoms with Crippen LogP contribution in [0.5, 0.6) is 0 Å². The number of aromatic nitrogens is 1. The Morgan fingerprint density at radius 3 is 2.52 bits per heavy atom. The van der Waals surface area contributed by atoms with Crippen molar-refractivity contribution >= 4 is 5.91 Å². The Kier molecular flexibility index (Phi) is 6.46. The zero-order valence-electron chi connectivity index (χ0n) is 15.9. The minimum Gasteiger partial charge on any atom is -0.349 e. The zero-order chi connectivity index (χ0) is 17.6. The maximum atomic E-state index is 11.8.